The number of aliphatic hydroxyl groups excluding tert-OH is 2. The van der Waals surface area contributed by atoms with E-state index in [1.807, 2.05) is 13.8 Å². The zero-order valence-electron chi connectivity index (χ0n) is 14.2. The van der Waals surface area contributed by atoms with Crippen LogP contribution in [0.3, 0.4) is 0 Å². The predicted octanol–water partition coefficient (Wildman–Crippen LogP) is -2.06. The fourth-order valence-corrected chi connectivity index (χ4v) is 2.92. The summed E-state index contributed by atoms with van der Waals surface area (Å²) in [5.41, 5.74) is 0. The molecule has 128 valence electrons. The van der Waals surface area contributed by atoms with Gasteiger partial charge < -0.3 is 14.8 Å². The first-order valence-electron chi connectivity index (χ1n) is 7.80. The molecule has 0 saturated heterocycles. The first kappa shape index (κ1) is 25.7. The number of hydrogen-bond donors (Lipinski definition) is 2. The van der Waals surface area contributed by atoms with Crippen LogP contribution in [0.25, 0.3) is 0 Å². The molecule has 0 rings (SSSR count). The van der Waals surface area contributed by atoms with Gasteiger partial charge in [-0.25, -0.2) is 8.42 Å². The van der Waals surface area contributed by atoms with Gasteiger partial charge in [-0.05, 0) is 12.8 Å². The Morgan fingerprint density at radius 1 is 1.00 bits per heavy atom. The van der Waals surface area contributed by atoms with Crippen LogP contribution in [0, 0.1) is 0 Å². The molecule has 2 N–H and O–H groups in total. The molecule has 0 aliphatic carbocycles. The molecule has 0 aliphatic rings. The maximum absolute atomic E-state index is 10.9. The van der Waals surface area contributed by atoms with Crippen LogP contribution in [0.2, 0.25) is 0 Å². The van der Waals surface area contributed by atoms with Crippen molar-refractivity contribution in [1.82, 2.24) is 4.90 Å². The largest absolute Gasteiger partial charge is 1.00 e. The van der Waals surface area contributed by atoms with E-state index in [1.165, 1.54) is 0 Å². The molecular formula is C14H30KNO5S. The number of unbranched alkanes of at least 4 members (excludes halogenated alkanes) is 2. The normalized spacial score (nSPS) is 14.6. The Morgan fingerprint density at radius 2 is 1.41 bits per heavy atom. The Kier molecular flexibility index (Phi) is 17.2. The van der Waals surface area contributed by atoms with Gasteiger partial charge in [-0.3, -0.25) is 4.90 Å². The maximum Gasteiger partial charge on any atom is 1.00 e. The summed E-state index contributed by atoms with van der Waals surface area (Å²) in [5, 5.41) is 19.1. The van der Waals surface area contributed by atoms with Crippen molar-refractivity contribution in [2.75, 3.05) is 25.5 Å². The van der Waals surface area contributed by atoms with Crippen molar-refractivity contribution in [2.24, 2.45) is 0 Å². The van der Waals surface area contributed by atoms with Gasteiger partial charge in [0, 0.05) is 18.6 Å². The van der Waals surface area contributed by atoms with Gasteiger partial charge in [-0.15, -0.1) is 0 Å². The van der Waals surface area contributed by atoms with Gasteiger partial charge >= 0.3 is 51.4 Å². The van der Waals surface area contributed by atoms with Crippen molar-refractivity contribution in [3.8, 4) is 0 Å². The second kappa shape index (κ2) is 14.7. The number of hydrogen-bond acceptors (Lipinski definition) is 6. The molecule has 0 aromatic carbocycles. The van der Waals surface area contributed by atoms with Crippen LogP contribution in [0.15, 0.2) is 0 Å². The molecule has 0 spiro atoms. The minimum Gasteiger partial charge on any atom is -0.748 e. The van der Waals surface area contributed by atoms with E-state index in [4.69, 9.17) is 0 Å². The van der Waals surface area contributed by atoms with Crippen molar-refractivity contribution in [3.05, 3.63) is 0 Å². The maximum atomic E-state index is 10.9. The Balaban J connectivity index is 0. The van der Waals surface area contributed by atoms with Crippen LogP contribution in [0.4, 0.5) is 0 Å². The third-order valence-corrected chi connectivity index (χ3v) is 4.42. The molecule has 0 fully saturated rings. The Morgan fingerprint density at radius 3 is 1.68 bits per heavy atom. The van der Waals surface area contributed by atoms with Crippen molar-refractivity contribution >= 4 is 10.1 Å². The second-order valence-electron chi connectivity index (χ2n) is 5.46. The van der Waals surface area contributed by atoms with E-state index in [0.29, 0.717) is 0 Å². The fraction of sp³-hybridized carbons (Fsp3) is 1.00. The van der Waals surface area contributed by atoms with Gasteiger partial charge in [-0.1, -0.05) is 39.5 Å². The molecule has 0 amide bonds. The van der Waals surface area contributed by atoms with Gasteiger partial charge in [0.05, 0.1) is 29.1 Å². The summed E-state index contributed by atoms with van der Waals surface area (Å²) in [6, 6.07) is -0.415. The zero-order chi connectivity index (χ0) is 16.3. The van der Waals surface area contributed by atoms with Crippen molar-refractivity contribution in [3.63, 3.8) is 0 Å². The average molecular weight is 364 g/mol. The minimum absolute atomic E-state index is 0. The van der Waals surface area contributed by atoms with Crippen LogP contribution in [0.5, 0.6) is 0 Å². The van der Waals surface area contributed by atoms with Crippen LogP contribution < -0.4 is 51.4 Å². The van der Waals surface area contributed by atoms with E-state index in [2.05, 4.69) is 0 Å². The molecule has 0 heterocycles. The number of nitrogens with zero attached hydrogens (tertiary/aromatic N) is 1. The van der Waals surface area contributed by atoms with Gasteiger partial charge in [0.2, 0.25) is 0 Å². The molecular weight excluding hydrogens is 333 g/mol. The number of aliphatic hydroxyl groups is 2. The van der Waals surface area contributed by atoms with Crippen LogP contribution in [-0.4, -0.2) is 65.7 Å². The molecule has 8 heteroatoms. The molecule has 0 radical (unpaired) electrons. The van der Waals surface area contributed by atoms with Gasteiger partial charge in [-0.2, -0.15) is 0 Å². The Labute approximate surface area is 177 Å². The van der Waals surface area contributed by atoms with E-state index in [9.17, 15) is 23.2 Å². The Bertz CT molecular complexity index is 337. The monoisotopic (exact) mass is 363 g/mol. The number of rotatable bonds is 13. The van der Waals surface area contributed by atoms with Crippen LogP contribution in [-0.2, 0) is 10.1 Å². The van der Waals surface area contributed by atoms with E-state index >= 15 is 0 Å². The SMILES string of the molecule is CCCCC(CO)N(CCS(=O)(=O)[O-])C(CO)CCCC.[K+]. The Hall–Kier alpha value is 1.43. The molecule has 0 aliphatic heterocycles. The van der Waals surface area contributed by atoms with Gasteiger partial charge in [0.1, 0.15) is 0 Å². The van der Waals surface area contributed by atoms with Crippen LogP contribution >= 0.6 is 0 Å². The topological polar surface area (TPSA) is 101 Å². The van der Waals surface area contributed by atoms with E-state index in [0.717, 1.165) is 38.5 Å². The summed E-state index contributed by atoms with van der Waals surface area (Å²) in [4.78, 5) is 1.81. The predicted molar refractivity (Wildman–Crippen MR) is 82.1 cm³/mol. The minimum atomic E-state index is -4.30. The molecule has 22 heavy (non-hydrogen) atoms. The van der Waals surface area contributed by atoms with Gasteiger partial charge in [0.25, 0.3) is 0 Å². The smallest absolute Gasteiger partial charge is 0.748 e. The van der Waals surface area contributed by atoms with Gasteiger partial charge in [0.15, 0.2) is 0 Å². The van der Waals surface area contributed by atoms with Crippen molar-refractivity contribution in [2.45, 2.75) is 64.5 Å². The fourth-order valence-electron chi connectivity index (χ4n) is 2.48. The summed E-state index contributed by atoms with van der Waals surface area (Å²) in [5.74, 6) is -0.488. The molecule has 0 aromatic heterocycles. The summed E-state index contributed by atoms with van der Waals surface area (Å²) in [7, 11) is -4.30. The second-order valence-corrected chi connectivity index (χ2v) is 6.98. The average Bonchev–Trinajstić information content (AvgIpc) is 2.43. The molecule has 0 aromatic rings. The molecule has 0 saturated carbocycles. The standard InChI is InChI=1S/C14H31NO5S.K/c1-3-5-7-13(11-16)15(9-10-21(18,19)20)14(12-17)8-6-4-2;/h13-14,16-17H,3-12H2,1-2H3,(H,18,19,20);/q;+1/p-1. The first-order valence-corrected chi connectivity index (χ1v) is 9.38. The molecule has 2 unspecified atom stereocenters. The third-order valence-electron chi connectivity index (χ3n) is 3.74. The summed E-state index contributed by atoms with van der Waals surface area (Å²) in [6.45, 7) is 3.96. The molecule has 2 atom stereocenters. The van der Waals surface area contributed by atoms with E-state index in [-0.39, 0.29) is 83.2 Å². The van der Waals surface area contributed by atoms with Crippen LogP contribution in [0.1, 0.15) is 52.4 Å². The van der Waals surface area contributed by atoms with E-state index < -0.39 is 15.9 Å². The van der Waals surface area contributed by atoms with E-state index in [1.54, 1.807) is 4.90 Å². The first-order chi connectivity index (χ1) is 9.89. The molecule has 6 nitrogen and oxygen atoms in total. The van der Waals surface area contributed by atoms with Crippen molar-refractivity contribution in [1.29, 1.82) is 0 Å². The third kappa shape index (κ3) is 11.9. The summed E-state index contributed by atoms with van der Waals surface area (Å²) >= 11 is 0. The molecule has 0 bridgehead atoms. The van der Waals surface area contributed by atoms with Crippen molar-refractivity contribution < 1.29 is 74.6 Å². The zero-order valence-corrected chi connectivity index (χ0v) is 18.1. The summed E-state index contributed by atoms with van der Waals surface area (Å²) < 4.78 is 32.6. The summed E-state index contributed by atoms with van der Waals surface area (Å²) in [6.07, 6.45) is 5.24. The quantitative estimate of drug-likeness (QED) is 0.288.